The predicted molar refractivity (Wildman–Crippen MR) is 153 cm³/mol. The molecule has 0 aromatic heterocycles. The van der Waals surface area contributed by atoms with Crippen LogP contribution in [0.5, 0.6) is 0 Å². The van der Waals surface area contributed by atoms with E-state index in [4.69, 9.17) is 4.74 Å². The van der Waals surface area contributed by atoms with Crippen LogP contribution in [0.4, 0.5) is 0 Å². The molecule has 0 spiro atoms. The van der Waals surface area contributed by atoms with Crippen molar-refractivity contribution in [3.05, 3.63) is 12.2 Å². The summed E-state index contributed by atoms with van der Waals surface area (Å²) in [6.07, 6.45) is 32.3. The largest absolute Gasteiger partial charge is 0.479 e. The predicted octanol–water partition coefficient (Wildman–Crippen LogP) is 10.3. The lowest BCUT2D eigenvalue weighted by atomic mass is 10.0. The molecule has 0 fully saturated rings. The van der Waals surface area contributed by atoms with Gasteiger partial charge in [0, 0.05) is 6.42 Å². The maximum Gasteiger partial charge on any atom is 0.345 e. The van der Waals surface area contributed by atoms with E-state index in [2.05, 4.69) is 26.0 Å². The van der Waals surface area contributed by atoms with Gasteiger partial charge in [0.05, 0.1) is 0 Å². The lowest BCUT2D eigenvalue weighted by Crippen LogP contribution is -2.27. The second kappa shape index (κ2) is 28.3. The van der Waals surface area contributed by atoms with E-state index in [9.17, 15) is 14.7 Å². The Balaban J connectivity index is 3.61. The Labute approximate surface area is 224 Å². The second-order valence-corrected chi connectivity index (χ2v) is 10.6. The van der Waals surface area contributed by atoms with Crippen molar-refractivity contribution in [1.29, 1.82) is 0 Å². The molecule has 1 atom stereocenters. The van der Waals surface area contributed by atoms with Crippen molar-refractivity contribution in [2.75, 3.05) is 0 Å². The van der Waals surface area contributed by atoms with Crippen LogP contribution in [0.3, 0.4) is 0 Å². The van der Waals surface area contributed by atoms with Gasteiger partial charge in [-0.25, -0.2) is 4.79 Å². The molecule has 0 aromatic carbocycles. The maximum atomic E-state index is 12.1. The summed E-state index contributed by atoms with van der Waals surface area (Å²) < 4.78 is 5.27. The van der Waals surface area contributed by atoms with Crippen molar-refractivity contribution < 1.29 is 19.4 Å². The summed E-state index contributed by atoms with van der Waals surface area (Å²) >= 11 is 0. The number of allylic oxidation sites excluding steroid dienone is 2. The molecule has 0 saturated heterocycles. The average Bonchev–Trinajstić information content (AvgIpc) is 2.86. The molecule has 0 heterocycles. The van der Waals surface area contributed by atoms with Crippen LogP contribution < -0.4 is 0 Å². The summed E-state index contributed by atoms with van der Waals surface area (Å²) in [7, 11) is 0. The Morgan fingerprint density at radius 1 is 0.583 bits per heavy atom. The van der Waals surface area contributed by atoms with Crippen molar-refractivity contribution in [1.82, 2.24) is 0 Å². The van der Waals surface area contributed by atoms with Crippen LogP contribution >= 0.6 is 0 Å². The quantitative estimate of drug-likeness (QED) is 0.0648. The van der Waals surface area contributed by atoms with Crippen LogP contribution in [0.25, 0.3) is 0 Å². The van der Waals surface area contributed by atoms with Gasteiger partial charge in [-0.15, -0.1) is 0 Å². The van der Waals surface area contributed by atoms with Crippen molar-refractivity contribution in [3.8, 4) is 0 Å². The van der Waals surface area contributed by atoms with E-state index in [1.165, 1.54) is 103 Å². The standard InChI is InChI=1S/C32H60O4/c1-3-5-7-9-11-13-15-17-19-21-23-25-27-29-31(33)36-30(32(34)35)28-26-24-22-20-18-16-14-12-10-8-6-4-2/h13,15,30H,3-12,14,16-29H2,1-2H3,(H,34,35)/b15-13-. The van der Waals surface area contributed by atoms with Gasteiger partial charge in [-0.05, 0) is 44.9 Å². The molecular weight excluding hydrogens is 448 g/mol. The van der Waals surface area contributed by atoms with Crippen LogP contribution in [0, 0.1) is 0 Å². The highest BCUT2D eigenvalue weighted by atomic mass is 16.6. The van der Waals surface area contributed by atoms with E-state index in [0.29, 0.717) is 12.8 Å². The Bertz CT molecular complexity index is 514. The highest BCUT2D eigenvalue weighted by Gasteiger charge is 2.21. The van der Waals surface area contributed by atoms with E-state index in [0.717, 1.165) is 44.9 Å². The van der Waals surface area contributed by atoms with Crippen LogP contribution in [-0.4, -0.2) is 23.1 Å². The number of carboxylic acids is 1. The van der Waals surface area contributed by atoms with Crippen LogP contribution in [-0.2, 0) is 14.3 Å². The fourth-order valence-corrected chi connectivity index (χ4v) is 4.61. The molecule has 0 aliphatic carbocycles. The smallest absolute Gasteiger partial charge is 0.345 e. The van der Waals surface area contributed by atoms with Gasteiger partial charge >= 0.3 is 11.9 Å². The number of esters is 1. The summed E-state index contributed by atoms with van der Waals surface area (Å²) in [5.74, 6) is -1.36. The monoisotopic (exact) mass is 508 g/mol. The van der Waals surface area contributed by atoms with Crippen molar-refractivity contribution >= 4 is 11.9 Å². The number of hydrogen-bond donors (Lipinski definition) is 1. The molecule has 0 aliphatic heterocycles. The molecule has 0 aromatic rings. The first-order valence-electron chi connectivity index (χ1n) is 15.7. The zero-order chi connectivity index (χ0) is 26.5. The molecule has 0 saturated carbocycles. The van der Waals surface area contributed by atoms with Gasteiger partial charge in [-0.3, -0.25) is 4.79 Å². The molecule has 0 rings (SSSR count). The second-order valence-electron chi connectivity index (χ2n) is 10.6. The number of ether oxygens (including phenoxy) is 1. The summed E-state index contributed by atoms with van der Waals surface area (Å²) in [6, 6.07) is 0. The number of carbonyl (C=O) groups is 2. The van der Waals surface area contributed by atoms with Crippen LogP contribution in [0.2, 0.25) is 0 Å². The van der Waals surface area contributed by atoms with Gasteiger partial charge < -0.3 is 9.84 Å². The molecule has 0 bridgehead atoms. The Morgan fingerprint density at radius 2 is 0.972 bits per heavy atom. The third-order valence-corrected chi connectivity index (χ3v) is 7.01. The number of carbonyl (C=O) groups excluding carboxylic acids is 1. The van der Waals surface area contributed by atoms with E-state index >= 15 is 0 Å². The normalized spacial score (nSPS) is 12.3. The lowest BCUT2D eigenvalue weighted by molar-refractivity contribution is -0.164. The Kier molecular flexibility index (Phi) is 27.2. The minimum atomic E-state index is -1.01. The Hall–Kier alpha value is -1.32. The maximum absolute atomic E-state index is 12.1. The van der Waals surface area contributed by atoms with Gasteiger partial charge in [0.2, 0.25) is 0 Å². The fraction of sp³-hybridized carbons (Fsp3) is 0.875. The van der Waals surface area contributed by atoms with Crippen LogP contribution in [0.15, 0.2) is 12.2 Å². The number of aliphatic carboxylic acids is 1. The molecule has 4 heteroatoms. The first-order valence-corrected chi connectivity index (χ1v) is 15.7. The SMILES string of the molecule is CCCCCC/C=C\CCCCCCCC(=O)OC(CCCCCCCCCCCCCC)C(=O)O. The number of unbranched alkanes of at least 4 members (excludes halogenated alkanes) is 20. The van der Waals surface area contributed by atoms with Crippen molar-refractivity contribution in [2.24, 2.45) is 0 Å². The van der Waals surface area contributed by atoms with Gasteiger partial charge in [-0.1, -0.05) is 135 Å². The summed E-state index contributed by atoms with van der Waals surface area (Å²) in [4.78, 5) is 23.6. The minimum Gasteiger partial charge on any atom is -0.479 e. The highest BCUT2D eigenvalue weighted by molar-refractivity contribution is 5.77. The van der Waals surface area contributed by atoms with Gasteiger partial charge in [0.1, 0.15) is 0 Å². The molecular formula is C32H60O4. The topological polar surface area (TPSA) is 63.6 Å². The van der Waals surface area contributed by atoms with E-state index in [1.807, 2.05) is 0 Å². The third kappa shape index (κ3) is 25.8. The van der Waals surface area contributed by atoms with Crippen molar-refractivity contribution in [2.45, 2.75) is 180 Å². The number of carboxylic acid groups (broad SMARTS) is 1. The number of hydrogen-bond acceptors (Lipinski definition) is 3. The van der Waals surface area contributed by atoms with Crippen LogP contribution in [0.1, 0.15) is 174 Å². The zero-order valence-electron chi connectivity index (χ0n) is 24.1. The summed E-state index contributed by atoms with van der Waals surface area (Å²) in [5.41, 5.74) is 0. The zero-order valence-corrected chi connectivity index (χ0v) is 24.1. The van der Waals surface area contributed by atoms with E-state index in [-0.39, 0.29) is 5.97 Å². The Morgan fingerprint density at radius 3 is 1.44 bits per heavy atom. The molecule has 1 unspecified atom stereocenters. The summed E-state index contributed by atoms with van der Waals surface area (Å²) in [5, 5.41) is 9.40. The fourth-order valence-electron chi connectivity index (χ4n) is 4.61. The lowest BCUT2D eigenvalue weighted by Gasteiger charge is -2.13. The van der Waals surface area contributed by atoms with Gasteiger partial charge in [0.15, 0.2) is 6.10 Å². The van der Waals surface area contributed by atoms with E-state index in [1.54, 1.807) is 0 Å². The molecule has 0 aliphatic rings. The molecule has 36 heavy (non-hydrogen) atoms. The molecule has 1 N–H and O–H groups in total. The van der Waals surface area contributed by atoms with Gasteiger partial charge in [-0.2, -0.15) is 0 Å². The molecule has 212 valence electrons. The molecule has 0 amide bonds. The minimum absolute atomic E-state index is 0.333. The first-order chi connectivity index (χ1) is 17.6. The first kappa shape index (κ1) is 34.7. The summed E-state index contributed by atoms with van der Waals surface area (Å²) in [6.45, 7) is 4.49. The van der Waals surface area contributed by atoms with E-state index < -0.39 is 12.1 Å². The van der Waals surface area contributed by atoms with Crippen molar-refractivity contribution in [3.63, 3.8) is 0 Å². The average molecular weight is 509 g/mol. The third-order valence-electron chi connectivity index (χ3n) is 7.01. The highest BCUT2D eigenvalue weighted by Crippen LogP contribution is 2.15. The molecule has 4 nitrogen and oxygen atoms in total. The number of rotatable bonds is 28. The molecule has 0 radical (unpaired) electrons. The van der Waals surface area contributed by atoms with Gasteiger partial charge in [0.25, 0.3) is 0 Å².